The monoisotopic (exact) mass is 382 g/mol. The number of carboxylic acid groups (broad SMARTS) is 1. The number of carboxylic acids is 1. The molecule has 2 aromatic carbocycles. The third-order valence-corrected chi connectivity index (χ3v) is 5.27. The first-order valence-electron chi connectivity index (χ1n) is 9.75. The summed E-state index contributed by atoms with van der Waals surface area (Å²) in [6.07, 6.45) is 3.97. The third kappa shape index (κ3) is 4.88. The second-order valence-electron chi connectivity index (χ2n) is 7.54. The van der Waals surface area contributed by atoms with E-state index in [1.165, 1.54) is 0 Å². The fourth-order valence-electron chi connectivity index (χ4n) is 3.77. The van der Waals surface area contributed by atoms with E-state index in [1.54, 1.807) is 19.1 Å². The van der Waals surface area contributed by atoms with Crippen LogP contribution in [0, 0.1) is 5.92 Å². The van der Waals surface area contributed by atoms with E-state index in [-0.39, 0.29) is 24.3 Å². The molecule has 0 bridgehead atoms. The van der Waals surface area contributed by atoms with Crippen LogP contribution < -0.4 is 10.6 Å². The Morgan fingerprint density at radius 1 is 1.04 bits per heavy atom. The van der Waals surface area contributed by atoms with Crippen molar-refractivity contribution in [1.29, 1.82) is 0 Å². The van der Waals surface area contributed by atoms with Crippen LogP contribution in [0.1, 0.15) is 50.6 Å². The number of benzene rings is 2. The molecule has 6 nitrogen and oxygen atoms in total. The number of hydrogen-bond acceptors (Lipinski definition) is 3. The molecule has 0 saturated heterocycles. The number of aliphatic carboxylic acids is 1. The second kappa shape index (κ2) is 8.87. The van der Waals surface area contributed by atoms with Gasteiger partial charge in [-0.15, -0.1) is 0 Å². The predicted molar refractivity (Wildman–Crippen MR) is 107 cm³/mol. The summed E-state index contributed by atoms with van der Waals surface area (Å²) in [6.45, 7) is 1.76. The molecule has 2 aromatic rings. The molecule has 2 unspecified atom stereocenters. The molecule has 0 heterocycles. The van der Waals surface area contributed by atoms with Gasteiger partial charge in [0.25, 0.3) is 0 Å². The molecular formula is C22H26N2O4. The number of nitrogens with one attached hydrogen (secondary N) is 2. The summed E-state index contributed by atoms with van der Waals surface area (Å²) in [5.74, 6) is -1.50. The van der Waals surface area contributed by atoms with Gasteiger partial charge >= 0.3 is 5.97 Å². The molecule has 3 rings (SSSR count). The Balaban J connectivity index is 1.62. The Kier molecular flexibility index (Phi) is 6.29. The first kappa shape index (κ1) is 19.9. The van der Waals surface area contributed by atoms with Gasteiger partial charge in [0, 0.05) is 18.4 Å². The van der Waals surface area contributed by atoms with Gasteiger partial charge in [0.2, 0.25) is 11.8 Å². The molecule has 3 N–H and O–H groups in total. The molecule has 2 atom stereocenters. The van der Waals surface area contributed by atoms with E-state index < -0.39 is 17.9 Å². The summed E-state index contributed by atoms with van der Waals surface area (Å²) in [5, 5.41) is 17.0. The van der Waals surface area contributed by atoms with E-state index >= 15 is 0 Å². The summed E-state index contributed by atoms with van der Waals surface area (Å²) in [6, 6.07) is 11.5. The zero-order valence-electron chi connectivity index (χ0n) is 16.0. The Morgan fingerprint density at radius 2 is 1.71 bits per heavy atom. The second-order valence-corrected chi connectivity index (χ2v) is 7.54. The standard InChI is InChI=1S/C22H26N2O4/c1-14(23-21(26)16-7-3-4-8-16)12-19(25)24-20(22(27)28)18-11-10-15-6-2-5-9-17(15)13-18/h2,5-6,9-11,13-14,16,20H,3-4,7-8,12H2,1H3,(H,23,26)(H,24,25)(H,27,28). The average Bonchev–Trinajstić information content (AvgIpc) is 3.20. The zero-order chi connectivity index (χ0) is 20.1. The zero-order valence-corrected chi connectivity index (χ0v) is 16.0. The lowest BCUT2D eigenvalue weighted by Crippen LogP contribution is -2.41. The van der Waals surface area contributed by atoms with Crippen LogP contribution in [0.4, 0.5) is 0 Å². The SMILES string of the molecule is CC(CC(=O)NC(C(=O)O)c1ccc2ccccc2c1)NC(=O)C1CCCC1. The minimum Gasteiger partial charge on any atom is -0.479 e. The molecule has 6 heteroatoms. The maximum Gasteiger partial charge on any atom is 0.330 e. The Hall–Kier alpha value is -2.89. The maximum atomic E-state index is 12.4. The molecule has 1 fully saturated rings. The van der Waals surface area contributed by atoms with Crippen molar-refractivity contribution in [3.8, 4) is 0 Å². The topological polar surface area (TPSA) is 95.5 Å². The maximum absolute atomic E-state index is 12.4. The fourth-order valence-corrected chi connectivity index (χ4v) is 3.77. The Morgan fingerprint density at radius 3 is 2.39 bits per heavy atom. The smallest absolute Gasteiger partial charge is 0.330 e. The van der Waals surface area contributed by atoms with Crippen LogP contribution in [0.2, 0.25) is 0 Å². The van der Waals surface area contributed by atoms with Gasteiger partial charge in [-0.2, -0.15) is 0 Å². The summed E-state index contributed by atoms with van der Waals surface area (Å²) in [5.41, 5.74) is 0.516. The number of carbonyl (C=O) groups excluding carboxylic acids is 2. The van der Waals surface area contributed by atoms with E-state index in [0.717, 1.165) is 36.5 Å². The van der Waals surface area contributed by atoms with Crippen molar-refractivity contribution in [1.82, 2.24) is 10.6 Å². The highest BCUT2D eigenvalue weighted by atomic mass is 16.4. The summed E-state index contributed by atoms with van der Waals surface area (Å²) < 4.78 is 0. The molecular weight excluding hydrogens is 356 g/mol. The summed E-state index contributed by atoms with van der Waals surface area (Å²) >= 11 is 0. The van der Waals surface area contributed by atoms with Crippen LogP contribution in [-0.2, 0) is 14.4 Å². The van der Waals surface area contributed by atoms with E-state index in [0.29, 0.717) is 5.56 Å². The molecule has 0 aromatic heterocycles. The number of fused-ring (bicyclic) bond motifs is 1. The normalized spacial score (nSPS) is 16.5. The van der Waals surface area contributed by atoms with Crippen LogP contribution in [-0.4, -0.2) is 28.9 Å². The van der Waals surface area contributed by atoms with Crippen LogP contribution in [0.15, 0.2) is 42.5 Å². The molecule has 0 radical (unpaired) electrons. The third-order valence-electron chi connectivity index (χ3n) is 5.27. The van der Waals surface area contributed by atoms with Gasteiger partial charge in [-0.25, -0.2) is 4.79 Å². The van der Waals surface area contributed by atoms with Gasteiger partial charge in [-0.1, -0.05) is 49.2 Å². The van der Waals surface area contributed by atoms with Crippen LogP contribution in [0.3, 0.4) is 0 Å². The first-order chi connectivity index (χ1) is 13.4. The van der Waals surface area contributed by atoms with Crippen molar-refractivity contribution < 1.29 is 19.5 Å². The van der Waals surface area contributed by atoms with E-state index in [2.05, 4.69) is 10.6 Å². The minimum atomic E-state index is -1.13. The van der Waals surface area contributed by atoms with Crippen molar-refractivity contribution in [2.24, 2.45) is 5.92 Å². The molecule has 28 heavy (non-hydrogen) atoms. The summed E-state index contributed by atoms with van der Waals surface area (Å²) in [7, 11) is 0. The van der Waals surface area contributed by atoms with E-state index in [9.17, 15) is 19.5 Å². The van der Waals surface area contributed by atoms with Gasteiger partial charge < -0.3 is 15.7 Å². The van der Waals surface area contributed by atoms with Gasteiger partial charge in [0.15, 0.2) is 6.04 Å². The minimum absolute atomic E-state index is 0.0119. The number of carbonyl (C=O) groups is 3. The molecule has 1 saturated carbocycles. The number of hydrogen-bond donors (Lipinski definition) is 3. The molecule has 0 aliphatic heterocycles. The number of amides is 2. The lowest BCUT2D eigenvalue weighted by molar-refractivity contribution is -0.142. The van der Waals surface area contributed by atoms with Crippen LogP contribution in [0.5, 0.6) is 0 Å². The van der Waals surface area contributed by atoms with Crippen LogP contribution in [0.25, 0.3) is 10.8 Å². The van der Waals surface area contributed by atoms with E-state index in [4.69, 9.17) is 0 Å². The van der Waals surface area contributed by atoms with Crippen molar-refractivity contribution in [3.05, 3.63) is 48.0 Å². The largest absolute Gasteiger partial charge is 0.479 e. The molecule has 1 aliphatic rings. The molecule has 0 spiro atoms. The molecule has 1 aliphatic carbocycles. The lowest BCUT2D eigenvalue weighted by Gasteiger charge is -2.19. The summed E-state index contributed by atoms with van der Waals surface area (Å²) in [4.78, 5) is 36.3. The Bertz CT molecular complexity index is 874. The van der Waals surface area contributed by atoms with Crippen molar-refractivity contribution in [2.75, 3.05) is 0 Å². The van der Waals surface area contributed by atoms with Gasteiger partial charge in [0.1, 0.15) is 0 Å². The van der Waals surface area contributed by atoms with Crippen molar-refractivity contribution >= 4 is 28.6 Å². The van der Waals surface area contributed by atoms with Gasteiger partial charge in [-0.05, 0) is 42.2 Å². The molecule has 148 valence electrons. The van der Waals surface area contributed by atoms with Crippen LogP contribution >= 0.6 is 0 Å². The van der Waals surface area contributed by atoms with Gasteiger partial charge in [0.05, 0.1) is 0 Å². The predicted octanol–water partition coefficient (Wildman–Crippen LogP) is 3.17. The number of rotatable bonds is 7. The van der Waals surface area contributed by atoms with Crippen molar-refractivity contribution in [3.63, 3.8) is 0 Å². The van der Waals surface area contributed by atoms with Gasteiger partial charge in [-0.3, -0.25) is 9.59 Å². The first-order valence-corrected chi connectivity index (χ1v) is 9.75. The highest BCUT2D eigenvalue weighted by Crippen LogP contribution is 2.25. The average molecular weight is 382 g/mol. The quantitative estimate of drug-likeness (QED) is 0.685. The Labute approximate surface area is 164 Å². The highest BCUT2D eigenvalue weighted by molar-refractivity contribution is 5.88. The lowest BCUT2D eigenvalue weighted by atomic mass is 10.0. The molecule has 2 amide bonds. The fraction of sp³-hybridized carbons (Fsp3) is 0.409. The highest BCUT2D eigenvalue weighted by Gasteiger charge is 2.26. The van der Waals surface area contributed by atoms with E-state index in [1.807, 2.05) is 30.3 Å². The van der Waals surface area contributed by atoms with Crippen molar-refractivity contribution in [2.45, 2.75) is 51.1 Å².